The van der Waals surface area contributed by atoms with Gasteiger partial charge in [-0.25, -0.2) is 0 Å². The van der Waals surface area contributed by atoms with E-state index in [4.69, 9.17) is 16.6 Å². The molecule has 7 heteroatoms. The van der Waals surface area contributed by atoms with E-state index in [-0.39, 0.29) is 6.10 Å². The summed E-state index contributed by atoms with van der Waals surface area (Å²) in [5.41, 5.74) is 1.12. The monoisotopic (exact) mass is 407 g/mol. The summed E-state index contributed by atoms with van der Waals surface area (Å²) in [7, 11) is 0. The van der Waals surface area contributed by atoms with Gasteiger partial charge in [0.05, 0.1) is 16.8 Å². The van der Waals surface area contributed by atoms with Crippen LogP contribution in [0.4, 0.5) is 5.69 Å². The molecule has 2 aliphatic rings. The molecule has 2 N–H and O–H groups in total. The van der Waals surface area contributed by atoms with Crippen molar-refractivity contribution in [3.8, 4) is 0 Å². The zero-order valence-corrected chi connectivity index (χ0v) is 17.7. The molecule has 0 aromatic heterocycles. The lowest BCUT2D eigenvalue weighted by atomic mass is 10.1. The fourth-order valence-corrected chi connectivity index (χ4v) is 4.17. The minimum atomic E-state index is -0.0981. The lowest BCUT2D eigenvalue weighted by Gasteiger charge is -2.38. The number of piperazine rings is 1. The highest BCUT2D eigenvalue weighted by molar-refractivity contribution is 6.33. The molecule has 0 atom stereocenters. The first kappa shape index (κ1) is 21.2. The van der Waals surface area contributed by atoms with Crippen molar-refractivity contribution >= 4 is 23.2 Å². The highest BCUT2D eigenvalue weighted by Crippen LogP contribution is 2.26. The lowest BCUT2D eigenvalue weighted by molar-refractivity contribution is 0.0824. The maximum Gasteiger partial charge on any atom is 0.194 e. The minimum absolute atomic E-state index is 0.0981. The Morgan fingerprint density at radius 3 is 2.54 bits per heavy atom. The number of hydrogen-bond acceptors (Lipinski definition) is 4. The van der Waals surface area contributed by atoms with Gasteiger partial charge in [0.25, 0.3) is 0 Å². The molecule has 0 unspecified atom stereocenters. The number of benzene rings is 1. The van der Waals surface area contributed by atoms with Crippen LogP contribution in [0.2, 0.25) is 5.02 Å². The van der Waals surface area contributed by atoms with Crippen LogP contribution in [-0.4, -0.2) is 85.9 Å². The van der Waals surface area contributed by atoms with Gasteiger partial charge in [-0.15, -0.1) is 0 Å². The van der Waals surface area contributed by atoms with E-state index in [1.165, 1.54) is 0 Å². The Morgan fingerprint density at radius 2 is 1.86 bits per heavy atom. The number of anilines is 1. The Hall–Kier alpha value is -1.50. The van der Waals surface area contributed by atoms with E-state index < -0.39 is 0 Å². The number of aliphatic imine (C=N–C) groups is 1. The molecule has 0 radical (unpaired) electrons. The lowest BCUT2D eigenvalue weighted by Crippen LogP contribution is -2.52. The third-order valence-electron chi connectivity index (χ3n) is 5.56. The minimum Gasteiger partial charge on any atom is -0.393 e. The molecule has 2 fully saturated rings. The van der Waals surface area contributed by atoms with E-state index in [0.717, 1.165) is 94.8 Å². The van der Waals surface area contributed by atoms with Crippen LogP contribution in [0.25, 0.3) is 0 Å². The maximum atomic E-state index is 9.61. The first-order valence-electron chi connectivity index (χ1n) is 10.6. The van der Waals surface area contributed by atoms with Gasteiger partial charge in [0.1, 0.15) is 0 Å². The molecule has 0 aliphatic carbocycles. The SMILES string of the molecule is CCNC(=NCCCN1CCC(O)CC1)N1CCN(c2ccccc2Cl)CC1. The quantitative estimate of drug-likeness (QED) is 0.430. The van der Waals surface area contributed by atoms with Crippen molar-refractivity contribution in [2.45, 2.75) is 32.3 Å². The van der Waals surface area contributed by atoms with Crippen LogP contribution in [0, 0.1) is 0 Å². The Balaban J connectivity index is 1.46. The third kappa shape index (κ3) is 6.00. The summed E-state index contributed by atoms with van der Waals surface area (Å²) in [6.07, 6.45) is 2.77. The first-order chi connectivity index (χ1) is 13.7. The van der Waals surface area contributed by atoms with Gasteiger partial charge in [0.2, 0.25) is 0 Å². The predicted octanol–water partition coefficient (Wildman–Crippen LogP) is 2.27. The fraction of sp³-hybridized carbons (Fsp3) is 0.667. The molecule has 0 saturated carbocycles. The number of guanidine groups is 1. The fourth-order valence-electron chi connectivity index (χ4n) is 3.92. The molecule has 2 heterocycles. The van der Waals surface area contributed by atoms with E-state index in [0.29, 0.717) is 0 Å². The van der Waals surface area contributed by atoms with E-state index in [9.17, 15) is 5.11 Å². The topological polar surface area (TPSA) is 54.3 Å². The number of nitrogens with zero attached hydrogens (tertiary/aromatic N) is 4. The molecule has 2 aliphatic heterocycles. The van der Waals surface area contributed by atoms with E-state index >= 15 is 0 Å². The molecular weight excluding hydrogens is 374 g/mol. The van der Waals surface area contributed by atoms with Crippen LogP contribution >= 0.6 is 11.6 Å². The number of para-hydroxylation sites is 1. The Morgan fingerprint density at radius 1 is 1.14 bits per heavy atom. The molecule has 3 rings (SSSR count). The summed E-state index contributed by atoms with van der Waals surface area (Å²) in [6.45, 7) is 10.7. The molecule has 156 valence electrons. The van der Waals surface area contributed by atoms with Gasteiger partial charge in [-0.05, 0) is 44.9 Å². The molecule has 0 spiro atoms. The van der Waals surface area contributed by atoms with Crippen LogP contribution in [0.1, 0.15) is 26.2 Å². The second kappa shape index (κ2) is 10.9. The molecule has 0 amide bonds. The molecule has 1 aromatic carbocycles. The van der Waals surface area contributed by atoms with Crippen molar-refractivity contribution in [1.29, 1.82) is 0 Å². The van der Waals surface area contributed by atoms with Gasteiger partial charge in [-0.1, -0.05) is 23.7 Å². The summed E-state index contributed by atoms with van der Waals surface area (Å²) < 4.78 is 0. The summed E-state index contributed by atoms with van der Waals surface area (Å²) >= 11 is 6.35. The number of piperidine rings is 1. The number of aliphatic hydroxyl groups excluding tert-OH is 1. The molecule has 2 saturated heterocycles. The van der Waals surface area contributed by atoms with Crippen LogP contribution in [-0.2, 0) is 0 Å². The second-order valence-corrected chi connectivity index (χ2v) is 7.99. The number of aliphatic hydroxyl groups is 1. The number of halogens is 1. The normalized spacial score (nSPS) is 19.9. The molecule has 1 aromatic rings. The summed E-state index contributed by atoms with van der Waals surface area (Å²) in [5.74, 6) is 1.02. The van der Waals surface area contributed by atoms with Gasteiger partial charge in [-0.3, -0.25) is 4.99 Å². The van der Waals surface area contributed by atoms with Crippen molar-refractivity contribution in [2.24, 2.45) is 4.99 Å². The number of hydrogen-bond donors (Lipinski definition) is 2. The van der Waals surface area contributed by atoms with Crippen molar-refractivity contribution < 1.29 is 5.11 Å². The standard InChI is InChI=1S/C21H34ClN5O/c1-2-23-21(24-10-5-11-25-12-8-18(28)9-13-25)27-16-14-26(15-17-27)20-7-4-3-6-19(20)22/h3-4,6-7,18,28H,2,5,8-17H2,1H3,(H,23,24). The zero-order valence-electron chi connectivity index (χ0n) is 17.0. The zero-order chi connectivity index (χ0) is 19.8. The Labute approximate surface area is 174 Å². The first-order valence-corrected chi connectivity index (χ1v) is 11.0. The third-order valence-corrected chi connectivity index (χ3v) is 5.88. The average molecular weight is 408 g/mol. The maximum absolute atomic E-state index is 9.61. The smallest absolute Gasteiger partial charge is 0.194 e. The highest BCUT2D eigenvalue weighted by atomic mass is 35.5. The Bertz CT molecular complexity index is 625. The molecule has 28 heavy (non-hydrogen) atoms. The van der Waals surface area contributed by atoms with Gasteiger partial charge in [-0.2, -0.15) is 0 Å². The van der Waals surface area contributed by atoms with Crippen LogP contribution in [0.5, 0.6) is 0 Å². The molecular formula is C21H34ClN5O. The molecule has 0 bridgehead atoms. The largest absolute Gasteiger partial charge is 0.393 e. The van der Waals surface area contributed by atoms with Crippen molar-refractivity contribution in [2.75, 3.05) is 63.8 Å². The van der Waals surface area contributed by atoms with Crippen LogP contribution in [0.15, 0.2) is 29.3 Å². The summed E-state index contributed by atoms with van der Waals surface area (Å²) in [6, 6.07) is 8.07. The number of likely N-dealkylation sites (tertiary alicyclic amines) is 1. The number of rotatable bonds is 6. The summed E-state index contributed by atoms with van der Waals surface area (Å²) in [4.78, 5) is 12.0. The Kier molecular flexibility index (Phi) is 8.25. The van der Waals surface area contributed by atoms with E-state index in [1.54, 1.807) is 0 Å². The predicted molar refractivity (Wildman–Crippen MR) is 118 cm³/mol. The van der Waals surface area contributed by atoms with E-state index in [1.807, 2.05) is 18.2 Å². The van der Waals surface area contributed by atoms with Gasteiger partial charge >= 0.3 is 0 Å². The van der Waals surface area contributed by atoms with Crippen molar-refractivity contribution in [3.63, 3.8) is 0 Å². The second-order valence-electron chi connectivity index (χ2n) is 7.59. The molecule has 6 nitrogen and oxygen atoms in total. The van der Waals surface area contributed by atoms with Gasteiger partial charge in [0, 0.05) is 52.4 Å². The van der Waals surface area contributed by atoms with Crippen LogP contribution < -0.4 is 10.2 Å². The van der Waals surface area contributed by atoms with Crippen molar-refractivity contribution in [1.82, 2.24) is 15.1 Å². The van der Waals surface area contributed by atoms with Crippen LogP contribution in [0.3, 0.4) is 0 Å². The highest BCUT2D eigenvalue weighted by Gasteiger charge is 2.21. The van der Waals surface area contributed by atoms with Gasteiger partial charge < -0.3 is 25.1 Å². The van der Waals surface area contributed by atoms with Crippen molar-refractivity contribution in [3.05, 3.63) is 29.3 Å². The van der Waals surface area contributed by atoms with E-state index in [2.05, 4.69) is 33.0 Å². The number of nitrogens with one attached hydrogen (secondary N) is 1. The summed E-state index contributed by atoms with van der Waals surface area (Å²) in [5, 5.41) is 13.9. The van der Waals surface area contributed by atoms with Gasteiger partial charge in [0.15, 0.2) is 5.96 Å². The average Bonchev–Trinajstić information content (AvgIpc) is 2.72.